The van der Waals surface area contributed by atoms with Crippen LogP contribution in [0.2, 0.25) is 0 Å². The lowest BCUT2D eigenvalue weighted by Crippen LogP contribution is -2.22. The maximum absolute atomic E-state index is 14.0. The van der Waals surface area contributed by atoms with Crippen molar-refractivity contribution in [3.8, 4) is 0 Å². The van der Waals surface area contributed by atoms with Gasteiger partial charge in [-0.2, -0.15) is 13.2 Å². The number of pyridine rings is 1. The molecule has 0 aliphatic heterocycles. The van der Waals surface area contributed by atoms with Crippen molar-refractivity contribution in [2.75, 3.05) is 0 Å². The van der Waals surface area contributed by atoms with Crippen LogP contribution in [0.25, 0.3) is 0 Å². The Labute approximate surface area is 263 Å². The van der Waals surface area contributed by atoms with Gasteiger partial charge in [-0.25, -0.2) is 0 Å². The molecule has 0 aliphatic carbocycles. The first-order valence-corrected chi connectivity index (χ1v) is 17.3. The monoisotopic (exact) mass is 632 g/mol. The van der Waals surface area contributed by atoms with Crippen LogP contribution in [-0.2, 0) is 12.3 Å². The smallest absolute Gasteiger partial charge is 0.254 e. The predicted octanol–water partition coefficient (Wildman–Crippen LogP) is 8.24. The fourth-order valence-electron chi connectivity index (χ4n) is 5.07. The second-order valence-corrected chi connectivity index (χ2v) is 14.7. The molecule has 0 fully saturated rings. The Kier molecular flexibility index (Phi) is 9.60. The summed E-state index contributed by atoms with van der Waals surface area (Å²) >= 11 is 0. The molecule has 0 aliphatic rings. The minimum absolute atomic E-state index is 0.491. The van der Waals surface area contributed by atoms with Gasteiger partial charge in [0.05, 0.1) is 23.2 Å². The van der Waals surface area contributed by atoms with Crippen molar-refractivity contribution in [3.63, 3.8) is 0 Å². The van der Waals surface area contributed by atoms with Crippen molar-refractivity contribution in [3.05, 3.63) is 175 Å². The average molecular weight is 633 g/mol. The van der Waals surface area contributed by atoms with Crippen LogP contribution in [0.1, 0.15) is 17.0 Å². The molecule has 222 valence electrons. The number of benzene rings is 5. The van der Waals surface area contributed by atoms with Crippen molar-refractivity contribution >= 4 is 54.3 Å². The molecule has 0 radical (unpaired) electrons. The summed E-state index contributed by atoms with van der Waals surface area (Å²) in [5.41, 5.74) is 1.38. The highest BCUT2D eigenvalue weighted by Gasteiger charge is 2.32. The third-order valence-electron chi connectivity index (χ3n) is 7.19. The first-order valence-electron chi connectivity index (χ1n) is 14.4. The normalized spacial score (nSPS) is 11.8. The lowest BCUT2D eigenvalue weighted by molar-refractivity contribution is -0.137. The zero-order valence-electron chi connectivity index (χ0n) is 24.2. The van der Waals surface area contributed by atoms with E-state index in [9.17, 15) is 13.2 Å². The number of aliphatic imine (C=N–C) groups is 1. The van der Waals surface area contributed by atoms with Crippen LogP contribution in [0.3, 0.4) is 0 Å². The van der Waals surface area contributed by atoms with Gasteiger partial charge in [0.15, 0.2) is 0 Å². The van der Waals surface area contributed by atoms with Crippen LogP contribution in [0, 0.1) is 0 Å². The topological polar surface area (TPSA) is 25.2 Å². The molecule has 1 heterocycles. The number of aromatic nitrogens is 1. The highest BCUT2D eigenvalue weighted by Crippen LogP contribution is 2.40. The van der Waals surface area contributed by atoms with E-state index in [4.69, 9.17) is 9.98 Å². The minimum Gasteiger partial charge on any atom is -0.254 e. The molecule has 0 atom stereocenters. The molecule has 0 unspecified atom stereocenters. The fourth-order valence-corrected chi connectivity index (χ4v) is 9.72. The van der Waals surface area contributed by atoms with Crippen molar-refractivity contribution in [1.82, 2.24) is 4.98 Å². The average Bonchev–Trinajstić information content (AvgIpc) is 3.08. The van der Waals surface area contributed by atoms with Gasteiger partial charge >= 0.3 is 6.18 Å². The molecule has 2 nitrogen and oxygen atoms in total. The fraction of sp³-hybridized carbons (Fsp3) is 0.0526. The van der Waals surface area contributed by atoms with E-state index < -0.39 is 27.6 Å². The van der Waals surface area contributed by atoms with Gasteiger partial charge in [0.1, 0.15) is 0 Å². The summed E-state index contributed by atoms with van der Waals surface area (Å²) in [7, 11) is -2.00. The quantitative estimate of drug-likeness (QED) is 0.116. The molecule has 0 spiro atoms. The minimum atomic E-state index is -4.48. The Balaban J connectivity index is 1.37. The molecular formula is C38H29F3N2P2. The molecule has 1 aromatic heterocycles. The van der Waals surface area contributed by atoms with Crippen molar-refractivity contribution in [2.45, 2.75) is 12.3 Å². The third-order valence-corrected chi connectivity index (χ3v) is 12.1. The Hall–Kier alpha value is -4.43. The Bertz CT molecular complexity index is 1790. The number of rotatable bonds is 9. The van der Waals surface area contributed by atoms with Crippen LogP contribution < -0.4 is 26.5 Å². The lowest BCUT2D eigenvalue weighted by atomic mass is 10.2. The molecule has 6 aromatic rings. The Morgan fingerprint density at radius 1 is 0.578 bits per heavy atom. The molecule has 7 heteroatoms. The van der Waals surface area contributed by atoms with Gasteiger partial charge in [0, 0.05) is 17.2 Å². The molecule has 45 heavy (non-hydrogen) atoms. The van der Waals surface area contributed by atoms with Crippen LogP contribution >= 0.6 is 15.8 Å². The van der Waals surface area contributed by atoms with Gasteiger partial charge < -0.3 is 0 Å². The molecule has 0 bridgehead atoms. The molecule has 0 saturated heterocycles. The third kappa shape index (κ3) is 7.63. The molecular weight excluding hydrogens is 603 g/mol. The number of alkyl halides is 3. The number of nitrogens with zero attached hydrogens (tertiary/aromatic N) is 2. The molecule has 0 amide bonds. The van der Waals surface area contributed by atoms with Gasteiger partial charge in [-0.3, -0.25) is 9.98 Å². The van der Waals surface area contributed by atoms with Gasteiger partial charge in [-0.15, -0.1) is 0 Å². The van der Waals surface area contributed by atoms with Gasteiger partial charge in [-0.05, 0) is 67.4 Å². The maximum atomic E-state index is 14.0. The summed E-state index contributed by atoms with van der Waals surface area (Å²) in [6.07, 6.45) is -2.06. The van der Waals surface area contributed by atoms with Gasteiger partial charge in [0.2, 0.25) is 0 Å². The van der Waals surface area contributed by atoms with E-state index in [1.54, 1.807) is 6.21 Å². The van der Waals surface area contributed by atoms with Crippen molar-refractivity contribution in [1.29, 1.82) is 0 Å². The molecule has 6 rings (SSSR count). The van der Waals surface area contributed by atoms with E-state index in [-0.39, 0.29) is 0 Å². The zero-order chi connectivity index (χ0) is 31.1. The number of halogens is 3. The van der Waals surface area contributed by atoms with Crippen LogP contribution in [0.5, 0.6) is 0 Å². The summed E-state index contributed by atoms with van der Waals surface area (Å²) in [6.45, 7) is 0. The molecule has 5 aromatic carbocycles. The summed E-state index contributed by atoms with van der Waals surface area (Å²) in [6, 6.07) is 50.0. The largest absolute Gasteiger partial charge is 0.416 e. The lowest BCUT2D eigenvalue weighted by Gasteiger charge is -2.22. The second kappa shape index (κ2) is 14.1. The Morgan fingerprint density at radius 2 is 1.09 bits per heavy atom. The van der Waals surface area contributed by atoms with E-state index in [2.05, 4.69) is 48.5 Å². The molecule has 0 saturated carbocycles. The zero-order valence-corrected chi connectivity index (χ0v) is 26.0. The first-order chi connectivity index (χ1) is 22.0. The van der Waals surface area contributed by atoms with Crippen LogP contribution in [0.15, 0.2) is 163 Å². The predicted molar refractivity (Wildman–Crippen MR) is 184 cm³/mol. The summed E-state index contributed by atoms with van der Waals surface area (Å²) in [5, 5.41) is 4.98. The van der Waals surface area contributed by atoms with Crippen molar-refractivity contribution in [2.24, 2.45) is 4.99 Å². The van der Waals surface area contributed by atoms with E-state index in [1.165, 1.54) is 22.7 Å². The number of hydrogen-bond donors (Lipinski definition) is 0. The second-order valence-electron chi connectivity index (χ2n) is 10.3. The summed E-state index contributed by atoms with van der Waals surface area (Å²) in [4.78, 5) is 9.69. The highest BCUT2D eigenvalue weighted by molar-refractivity contribution is 7.80. The van der Waals surface area contributed by atoms with E-state index in [0.717, 1.165) is 28.5 Å². The van der Waals surface area contributed by atoms with E-state index in [1.807, 2.05) is 91.0 Å². The number of hydrogen-bond acceptors (Lipinski definition) is 2. The summed E-state index contributed by atoms with van der Waals surface area (Å²) < 4.78 is 41.9. The van der Waals surface area contributed by atoms with E-state index >= 15 is 0 Å². The van der Waals surface area contributed by atoms with Gasteiger partial charge in [0.25, 0.3) is 0 Å². The van der Waals surface area contributed by atoms with Crippen molar-refractivity contribution < 1.29 is 13.2 Å². The summed E-state index contributed by atoms with van der Waals surface area (Å²) in [5.74, 6) is 0. The van der Waals surface area contributed by atoms with E-state index in [0.29, 0.717) is 16.7 Å². The van der Waals surface area contributed by atoms with Gasteiger partial charge in [-0.1, -0.05) is 127 Å². The molecule has 0 N–H and O–H groups in total. The maximum Gasteiger partial charge on any atom is 0.416 e. The first kappa shape index (κ1) is 30.6. The highest BCUT2D eigenvalue weighted by atomic mass is 31.1. The standard InChI is InChI=1S/C38H29F3N2P2/c39-38(40,41)29-24-25-36(37(26-29)45(34-20-9-3-10-21-34)35-22-11-4-12-23-35)42-27-30-14-13-15-31(43-30)28-44(32-16-5-1-6-17-32)33-18-7-2-8-19-33/h1-27H,28H2/b42-27+. The van der Waals surface area contributed by atoms with Crippen LogP contribution in [0.4, 0.5) is 18.9 Å². The Morgan fingerprint density at radius 3 is 1.60 bits per heavy atom. The SMILES string of the molecule is FC(F)(F)c1ccc(/N=C/c2cccc(CP(c3ccccc3)c3ccccc3)n2)c(P(c2ccccc2)c2ccccc2)c1. The van der Waals surface area contributed by atoms with Crippen LogP contribution in [-0.4, -0.2) is 11.2 Å².